The summed E-state index contributed by atoms with van der Waals surface area (Å²) in [7, 11) is 0. The smallest absolute Gasteiger partial charge is 0.352 e. The second kappa shape index (κ2) is 12.7. The minimum absolute atomic E-state index is 0.0217. The van der Waals surface area contributed by atoms with Crippen LogP contribution < -0.4 is 25.4 Å². The van der Waals surface area contributed by atoms with Crippen LogP contribution in [0.3, 0.4) is 0 Å². The van der Waals surface area contributed by atoms with Gasteiger partial charge < -0.3 is 20.3 Å². The van der Waals surface area contributed by atoms with E-state index in [-0.39, 0.29) is 28.3 Å². The molecule has 9 nitrogen and oxygen atoms in total. The lowest BCUT2D eigenvalue weighted by Gasteiger charge is -2.14. The topological polar surface area (TPSA) is 116 Å². The number of benzene rings is 1. The second-order valence-corrected chi connectivity index (χ2v) is 8.94. The highest BCUT2D eigenvalue weighted by atomic mass is 32.1. The van der Waals surface area contributed by atoms with E-state index in [0.29, 0.717) is 28.9 Å². The van der Waals surface area contributed by atoms with Gasteiger partial charge in [0.15, 0.2) is 5.57 Å². The molecular weight excluding hydrogens is 466 g/mol. The maximum atomic E-state index is 12.8. The van der Waals surface area contributed by atoms with Gasteiger partial charge in [0.05, 0.1) is 0 Å². The Labute approximate surface area is 207 Å². The van der Waals surface area contributed by atoms with Crippen LogP contribution in [0.15, 0.2) is 41.7 Å². The van der Waals surface area contributed by atoms with E-state index < -0.39 is 5.97 Å². The summed E-state index contributed by atoms with van der Waals surface area (Å²) in [5.74, 6) is -0.819. The average Bonchev–Trinajstić information content (AvgIpc) is 3.49. The van der Waals surface area contributed by atoms with Gasteiger partial charge in [0, 0.05) is 37.1 Å². The number of hydrogen-bond donors (Lipinski definition) is 2. The molecule has 0 bridgehead atoms. The summed E-state index contributed by atoms with van der Waals surface area (Å²) < 4.78 is 6.92. The first kappa shape index (κ1) is 25.9. The van der Waals surface area contributed by atoms with E-state index in [1.165, 1.54) is 29.7 Å². The zero-order valence-electron chi connectivity index (χ0n) is 19.7. The molecule has 0 spiro atoms. The van der Waals surface area contributed by atoms with Crippen LogP contribution in [-0.2, 0) is 20.9 Å². The molecule has 0 aliphatic carbocycles. The average molecular weight is 496 g/mol. The molecule has 2 heterocycles. The van der Waals surface area contributed by atoms with Gasteiger partial charge >= 0.3 is 5.97 Å². The van der Waals surface area contributed by atoms with Crippen molar-refractivity contribution in [3.8, 4) is 6.07 Å². The molecule has 3 rings (SSSR count). The van der Waals surface area contributed by atoms with Crippen molar-refractivity contribution in [3.63, 3.8) is 0 Å². The number of nitrogens with zero attached hydrogens (tertiary/aromatic N) is 3. The number of nitrogens with one attached hydrogen (secondary N) is 2. The Morgan fingerprint density at radius 2 is 1.91 bits per heavy atom. The van der Waals surface area contributed by atoms with Gasteiger partial charge in [-0.25, -0.2) is 4.79 Å². The van der Waals surface area contributed by atoms with E-state index >= 15 is 0 Å². The molecule has 184 valence electrons. The van der Waals surface area contributed by atoms with Crippen molar-refractivity contribution in [1.82, 2.24) is 9.47 Å². The zero-order chi connectivity index (χ0) is 25.2. The predicted molar refractivity (Wildman–Crippen MR) is 137 cm³/mol. The third kappa shape index (κ3) is 6.91. The molecule has 1 saturated heterocycles. The number of esters is 1. The maximum Gasteiger partial charge on any atom is 0.352 e. The van der Waals surface area contributed by atoms with Crippen molar-refractivity contribution in [2.75, 3.05) is 36.9 Å². The molecular formula is C25H29N5O4S. The van der Waals surface area contributed by atoms with Gasteiger partial charge in [-0.3, -0.25) is 14.2 Å². The Hall–Kier alpha value is -3.68. The van der Waals surface area contributed by atoms with Crippen molar-refractivity contribution >= 4 is 46.4 Å². The van der Waals surface area contributed by atoms with Crippen molar-refractivity contribution in [3.05, 3.63) is 56.5 Å². The predicted octanol–water partition coefficient (Wildman–Crippen LogP) is 1.61. The summed E-state index contributed by atoms with van der Waals surface area (Å²) >= 11 is 1.04. The first-order valence-corrected chi connectivity index (χ1v) is 12.3. The van der Waals surface area contributed by atoms with Crippen molar-refractivity contribution in [2.45, 2.75) is 32.7 Å². The van der Waals surface area contributed by atoms with Crippen molar-refractivity contribution in [2.24, 2.45) is 0 Å². The molecule has 35 heavy (non-hydrogen) atoms. The Bertz CT molecular complexity index is 1280. The van der Waals surface area contributed by atoms with Gasteiger partial charge in [0.25, 0.3) is 5.56 Å². The largest absolute Gasteiger partial charge is 0.457 e. The van der Waals surface area contributed by atoms with Crippen molar-refractivity contribution in [1.29, 1.82) is 5.26 Å². The Morgan fingerprint density at radius 3 is 2.54 bits per heavy atom. The molecule has 1 aromatic heterocycles. The van der Waals surface area contributed by atoms with Crippen LogP contribution >= 0.6 is 11.3 Å². The highest BCUT2D eigenvalue weighted by Gasteiger charge is 2.16. The molecule has 2 aromatic rings. The Morgan fingerprint density at radius 1 is 1.23 bits per heavy atom. The number of carbonyl (C=O) groups excluding carboxylic acids is 2. The number of likely N-dealkylation sites (tertiary alicyclic amines) is 1. The summed E-state index contributed by atoms with van der Waals surface area (Å²) in [6, 6.07) is 9.00. The lowest BCUT2D eigenvalue weighted by atomic mass is 10.2. The van der Waals surface area contributed by atoms with Gasteiger partial charge in [-0.1, -0.05) is 12.7 Å². The minimum atomic E-state index is -0.798. The summed E-state index contributed by atoms with van der Waals surface area (Å²) in [6.07, 6.45) is 5.80. The molecule has 2 N–H and O–H groups in total. The van der Waals surface area contributed by atoms with Gasteiger partial charge in [-0.2, -0.15) is 5.26 Å². The summed E-state index contributed by atoms with van der Waals surface area (Å²) in [5, 5.41) is 15.4. The van der Waals surface area contributed by atoms with Gasteiger partial charge in [0.1, 0.15) is 21.9 Å². The number of aromatic nitrogens is 1. The minimum Gasteiger partial charge on any atom is -0.457 e. The molecule has 10 heteroatoms. The summed E-state index contributed by atoms with van der Waals surface area (Å²) in [6.45, 7) is 8.41. The maximum absolute atomic E-state index is 12.8. The molecule has 0 saturated carbocycles. The number of ether oxygens (including phenoxy) is 1. The Kier molecular flexibility index (Phi) is 9.40. The fraction of sp³-hybridized carbons (Fsp3) is 0.360. The lowest BCUT2D eigenvalue weighted by Crippen LogP contribution is -2.32. The standard InChI is InChI=1S/C25H29N5O4S/c1-3-15-34-25(33)20(16-26)24-30(4-2)23(32)21(35-24)17-27-18-7-9-19(10-8-18)28-22(31)11-14-29-12-5-6-13-29/h3,7-10,17,27H,1,4-6,11-15H2,2H3,(H,28,31)/b21-17+,24-20+. The van der Waals surface area contributed by atoms with Crippen LogP contribution in [0.5, 0.6) is 0 Å². The summed E-state index contributed by atoms with van der Waals surface area (Å²) in [5.41, 5.74) is 0.874. The fourth-order valence-electron chi connectivity index (χ4n) is 3.67. The number of anilines is 2. The number of rotatable bonds is 10. The number of carbonyl (C=O) groups is 2. The molecule has 0 unspecified atom stereocenters. The monoisotopic (exact) mass is 495 g/mol. The van der Waals surface area contributed by atoms with Crippen molar-refractivity contribution < 1.29 is 14.3 Å². The lowest BCUT2D eigenvalue weighted by molar-refractivity contribution is -0.135. The van der Waals surface area contributed by atoms with Crippen LogP contribution in [0.4, 0.5) is 11.4 Å². The van der Waals surface area contributed by atoms with Crippen LogP contribution in [0.2, 0.25) is 0 Å². The summed E-state index contributed by atoms with van der Waals surface area (Å²) in [4.78, 5) is 39.5. The zero-order valence-corrected chi connectivity index (χ0v) is 20.5. The van der Waals surface area contributed by atoms with Crippen LogP contribution in [0.25, 0.3) is 11.8 Å². The van der Waals surface area contributed by atoms with Crippen LogP contribution in [-0.4, -0.2) is 47.6 Å². The second-order valence-electron chi connectivity index (χ2n) is 7.91. The molecule has 1 amide bonds. The SMILES string of the molecule is C=CCOC(=O)/C(C#N)=c1/s/c(=C/Nc2ccc(NC(=O)CCN3CCCC3)cc2)c(=O)n1CC. The normalized spacial score (nSPS) is 14.8. The van der Waals surface area contributed by atoms with Crippen LogP contribution in [0, 0.1) is 11.3 Å². The highest BCUT2D eigenvalue weighted by Crippen LogP contribution is 2.14. The number of amides is 1. The quantitative estimate of drug-likeness (QED) is 0.380. The van der Waals surface area contributed by atoms with E-state index in [1.807, 2.05) is 6.07 Å². The van der Waals surface area contributed by atoms with Crippen LogP contribution in [0.1, 0.15) is 26.2 Å². The van der Waals surface area contributed by atoms with E-state index in [2.05, 4.69) is 22.1 Å². The highest BCUT2D eigenvalue weighted by molar-refractivity contribution is 7.07. The third-order valence-electron chi connectivity index (χ3n) is 5.48. The number of hydrogen-bond acceptors (Lipinski definition) is 8. The fourth-order valence-corrected chi connectivity index (χ4v) is 4.75. The number of thiazole rings is 1. The first-order valence-electron chi connectivity index (χ1n) is 11.5. The molecule has 1 aliphatic rings. The van der Waals surface area contributed by atoms with E-state index in [4.69, 9.17) is 4.74 Å². The molecule has 1 fully saturated rings. The van der Waals surface area contributed by atoms with E-state index in [1.54, 1.807) is 31.2 Å². The van der Waals surface area contributed by atoms with Gasteiger partial charge in [-0.15, -0.1) is 11.3 Å². The molecule has 0 radical (unpaired) electrons. The van der Waals surface area contributed by atoms with E-state index in [9.17, 15) is 19.6 Å². The molecule has 0 atom stereocenters. The van der Waals surface area contributed by atoms with Gasteiger partial charge in [0.2, 0.25) is 5.91 Å². The first-order chi connectivity index (χ1) is 17.0. The third-order valence-corrected chi connectivity index (χ3v) is 6.61. The molecule has 1 aromatic carbocycles. The Balaban J connectivity index is 1.71. The number of nitriles is 1. The molecule has 1 aliphatic heterocycles. The van der Waals surface area contributed by atoms with E-state index in [0.717, 1.165) is 31.0 Å². The van der Waals surface area contributed by atoms with Gasteiger partial charge in [-0.05, 0) is 57.1 Å².